The summed E-state index contributed by atoms with van der Waals surface area (Å²) in [6, 6.07) is 9.39. The fourth-order valence-electron chi connectivity index (χ4n) is 1.85. The number of benzene rings is 2. The molecule has 0 saturated carbocycles. The molecule has 2 aromatic rings. The van der Waals surface area contributed by atoms with Crippen molar-refractivity contribution in [2.45, 2.75) is 12.2 Å². The third-order valence-electron chi connectivity index (χ3n) is 2.89. The molecule has 2 aromatic carbocycles. The van der Waals surface area contributed by atoms with E-state index >= 15 is 0 Å². The van der Waals surface area contributed by atoms with Gasteiger partial charge >= 0.3 is 6.18 Å². The molecule has 0 spiro atoms. The lowest BCUT2D eigenvalue weighted by Crippen LogP contribution is -2.14. The Bertz CT molecular complexity index is 628. The molecule has 0 heterocycles. The molecule has 0 aliphatic heterocycles. The summed E-state index contributed by atoms with van der Waals surface area (Å²) in [4.78, 5) is 0. The summed E-state index contributed by atoms with van der Waals surface area (Å²) in [5, 5.41) is 0.400. The van der Waals surface area contributed by atoms with Gasteiger partial charge in [0.25, 0.3) is 0 Å². The molecule has 0 aliphatic carbocycles. The maximum atomic E-state index is 12.7. The van der Waals surface area contributed by atoms with E-state index in [0.29, 0.717) is 20.6 Å². The van der Waals surface area contributed by atoms with Crippen LogP contribution in [0.2, 0.25) is 5.02 Å². The van der Waals surface area contributed by atoms with E-state index in [1.807, 2.05) is 0 Å². The first-order valence-electron chi connectivity index (χ1n) is 5.67. The standard InChI is InChI=1S/C14H10BrClF3N/c15-11-6-2-5-10(12(11)16)13(20)8-3-1-4-9(7-8)14(17,18)19/h1-7,13H,20H2. The fourth-order valence-corrected chi connectivity index (χ4v) is 2.47. The number of nitrogens with two attached hydrogens (primary N) is 1. The average Bonchev–Trinajstić information content (AvgIpc) is 2.40. The Hall–Kier alpha value is -1.04. The molecule has 0 bridgehead atoms. The molecule has 2 rings (SSSR count). The Kier molecular flexibility index (Phi) is 4.42. The molecule has 0 radical (unpaired) electrons. The summed E-state index contributed by atoms with van der Waals surface area (Å²) in [5.74, 6) is 0. The predicted molar refractivity (Wildman–Crippen MR) is 76.6 cm³/mol. The van der Waals surface area contributed by atoms with Gasteiger partial charge in [-0.3, -0.25) is 0 Å². The van der Waals surface area contributed by atoms with Gasteiger partial charge in [0.05, 0.1) is 16.6 Å². The van der Waals surface area contributed by atoms with Crippen LogP contribution in [-0.2, 0) is 6.18 Å². The quantitative estimate of drug-likeness (QED) is 0.782. The fraction of sp³-hybridized carbons (Fsp3) is 0.143. The molecular formula is C14H10BrClF3N. The Labute approximate surface area is 127 Å². The van der Waals surface area contributed by atoms with Crippen molar-refractivity contribution in [3.05, 3.63) is 68.7 Å². The minimum Gasteiger partial charge on any atom is -0.320 e. The maximum Gasteiger partial charge on any atom is 0.416 e. The molecule has 0 fully saturated rings. The van der Waals surface area contributed by atoms with E-state index < -0.39 is 17.8 Å². The third-order valence-corrected chi connectivity index (χ3v) is 4.20. The highest BCUT2D eigenvalue weighted by Gasteiger charge is 2.31. The van der Waals surface area contributed by atoms with Crippen molar-refractivity contribution in [3.63, 3.8) is 0 Å². The van der Waals surface area contributed by atoms with Crippen molar-refractivity contribution in [2.24, 2.45) is 5.73 Å². The van der Waals surface area contributed by atoms with Crippen molar-refractivity contribution in [1.82, 2.24) is 0 Å². The Balaban J connectivity index is 2.44. The molecule has 1 nitrogen and oxygen atoms in total. The number of hydrogen-bond donors (Lipinski definition) is 1. The highest BCUT2D eigenvalue weighted by atomic mass is 79.9. The summed E-state index contributed by atoms with van der Waals surface area (Å²) < 4.78 is 38.8. The summed E-state index contributed by atoms with van der Waals surface area (Å²) in [6.07, 6.45) is -4.39. The highest BCUT2D eigenvalue weighted by Crippen LogP contribution is 2.34. The van der Waals surface area contributed by atoms with E-state index in [0.717, 1.165) is 12.1 Å². The summed E-state index contributed by atoms with van der Waals surface area (Å²) in [6.45, 7) is 0. The van der Waals surface area contributed by atoms with E-state index in [1.165, 1.54) is 6.07 Å². The van der Waals surface area contributed by atoms with Crippen LogP contribution in [0.15, 0.2) is 46.9 Å². The van der Waals surface area contributed by atoms with Gasteiger partial charge in [0.1, 0.15) is 0 Å². The van der Waals surface area contributed by atoms with Crippen LogP contribution < -0.4 is 5.73 Å². The Morgan fingerprint density at radius 1 is 1.10 bits per heavy atom. The minimum atomic E-state index is -4.39. The second kappa shape index (κ2) is 5.76. The normalized spacial score (nSPS) is 13.3. The average molecular weight is 365 g/mol. The molecule has 1 unspecified atom stereocenters. The molecule has 0 amide bonds. The van der Waals surface area contributed by atoms with Crippen molar-refractivity contribution >= 4 is 27.5 Å². The van der Waals surface area contributed by atoms with Gasteiger partial charge in [-0.15, -0.1) is 0 Å². The monoisotopic (exact) mass is 363 g/mol. The van der Waals surface area contributed by atoms with Crippen LogP contribution in [0.3, 0.4) is 0 Å². The van der Waals surface area contributed by atoms with E-state index in [9.17, 15) is 13.2 Å². The van der Waals surface area contributed by atoms with Crippen LogP contribution >= 0.6 is 27.5 Å². The molecule has 6 heteroatoms. The molecular weight excluding hydrogens is 355 g/mol. The van der Waals surface area contributed by atoms with Crippen LogP contribution in [0.5, 0.6) is 0 Å². The molecule has 106 valence electrons. The van der Waals surface area contributed by atoms with Gasteiger partial charge < -0.3 is 5.73 Å². The SMILES string of the molecule is NC(c1cccc(C(F)(F)F)c1)c1cccc(Br)c1Cl. The van der Waals surface area contributed by atoms with Crippen molar-refractivity contribution in [2.75, 3.05) is 0 Å². The first-order valence-corrected chi connectivity index (χ1v) is 6.84. The molecule has 0 aromatic heterocycles. The largest absolute Gasteiger partial charge is 0.416 e. The lowest BCUT2D eigenvalue weighted by Gasteiger charge is -2.16. The lowest BCUT2D eigenvalue weighted by atomic mass is 9.98. The van der Waals surface area contributed by atoms with Gasteiger partial charge in [0.15, 0.2) is 0 Å². The zero-order valence-corrected chi connectivity index (χ0v) is 12.4. The third kappa shape index (κ3) is 3.16. The van der Waals surface area contributed by atoms with Crippen LogP contribution in [-0.4, -0.2) is 0 Å². The van der Waals surface area contributed by atoms with Crippen LogP contribution in [0.4, 0.5) is 13.2 Å². The molecule has 1 atom stereocenters. The van der Waals surface area contributed by atoms with Gasteiger partial charge in [-0.2, -0.15) is 13.2 Å². The maximum absolute atomic E-state index is 12.7. The number of rotatable bonds is 2. The molecule has 0 saturated heterocycles. The smallest absolute Gasteiger partial charge is 0.320 e. The number of alkyl halides is 3. The lowest BCUT2D eigenvalue weighted by molar-refractivity contribution is -0.137. The van der Waals surface area contributed by atoms with E-state index in [4.69, 9.17) is 17.3 Å². The van der Waals surface area contributed by atoms with E-state index in [-0.39, 0.29) is 0 Å². The van der Waals surface area contributed by atoms with Crippen molar-refractivity contribution in [1.29, 1.82) is 0 Å². The number of hydrogen-bond acceptors (Lipinski definition) is 1. The van der Waals surface area contributed by atoms with Gasteiger partial charge in [0, 0.05) is 4.47 Å². The van der Waals surface area contributed by atoms with Crippen LogP contribution in [0.1, 0.15) is 22.7 Å². The topological polar surface area (TPSA) is 26.0 Å². The first-order chi connectivity index (χ1) is 9.30. The molecule has 2 N–H and O–H groups in total. The molecule has 20 heavy (non-hydrogen) atoms. The second-order valence-corrected chi connectivity index (χ2v) is 5.48. The van der Waals surface area contributed by atoms with Gasteiger partial charge in [-0.25, -0.2) is 0 Å². The second-order valence-electron chi connectivity index (χ2n) is 4.24. The minimum absolute atomic E-state index is 0.361. The zero-order valence-electron chi connectivity index (χ0n) is 10.1. The molecule has 0 aliphatic rings. The Morgan fingerprint density at radius 3 is 2.40 bits per heavy atom. The van der Waals surface area contributed by atoms with Crippen molar-refractivity contribution in [3.8, 4) is 0 Å². The van der Waals surface area contributed by atoms with E-state index in [1.54, 1.807) is 24.3 Å². The number of halogens is 5. The summed E-state index contributed by atoms with van der Waals surface area (Å²) in [5.41, 5.74) is 6.23. The van der Waals surface area contributed by atoms with Crippen LogP contribution in [0, 0.1) is 0 Å². The van der Waals surface area contributed by atoms with Gasteiger partial charge in [0.2, 0.25) is 0 Å². The zero-order chi connectivity index (χ0) is 14.9. The van der Waals surface area contributed by atoms with E-state index in [2.05, 4.69) is 15.9 Å². The first kappa shape index (κ1) is 15.4. The summed E-state index contributed by atoms with van der Waals surface area (Å²) >= 11 is 9.38. The summed E-state index contributed by atoms with van der Waals surface area (Å²) in [7, 11) is 0. The highest BCUT2D eigenvalue weighted by molar-refractivity contribution is 9.10. The van der Waals surface area contributed by atoms with Gasteiger partial charge in [-0.1, -0.05) is 35.9 Å². The van der Waals surface area contributed by atoms with Crippen molar-refractivity contribution < 1.29 is 13.2 Å². The van der Waals surface area contributed by atoms with Gasteiger partial charge in [-0.05, 0) is 45.3 Å². The van der Waals surface area contributed by atoms with Crippen LogP contribution in [0.25, 0.3) is 0 Å². The Morgan fingerprint density at radius 2 is 1.75 bits per heavy atom. The predicted octanol–water partition coefficient (Wildman–Crippen LogP) is 5.17.